The van der Waals surface area contributed by atoms with E-state index in [1.54, 1.807) is 13.2 Å². The summed E-state index contributed by atoms with van der Waals surface area (Å²) in [6.45, 7) is 4.25. The number of carbonyl (C=O) groups is 2. The quantitative estimate of drug-likeness (QED) is 0.816. The molecule has 1 unspecified atom stereocenters. The van der Waals surface area contributed by atoms with Gasteiger partial charge in [0.25, 0.3) is 5.91 Å². The zero-order chi connectivity index (χ0) is 19.7. The fourth-order valence-corrected chi connectivity index (χ4v) is 4.78. The summed E-state index contributed by atoms with van der Waals surface area (Å²) in [4.78, 5) is 35.3. The average Bonchev–Trinajstić information content (AvgIpc) is 3.14. The normalized spacial score (nSPS) is 22.3. The Kier molecular flexibility index (Phi) is 4.96. The van der Waals surface area contributed by atoms with E-state index >= 15 is 0 Å². The summed E-state index contributed by atoms with van der Waals surface area (Å²) in [5.74, 6) is 0.441. The van der Waals surface area contributed by atoms with Crippen LogP contribution in [0, 0.1) is 0 Å². The van der Waals surface area contributed by atoms with Crippen molar-refractivity contribution in [3.63, 3.8) is 0 Å². The molecule has 6 heteroatoms. The highest BCUT2D eigenvalue weighted by Crippen LogP contribution is 2.40. The molecular formula is C22H27N3O3. The van der Waals surface area contributed by atoms with Gasteiger partial charge in [-0.05, 0) is 38.2 Å². The van der Waals surface area contributed by atoms with Crippen molar-refractivity contribution >= 4 is 22.7 Å². The average molecular weight is 381 g/mol. The first-order valence-corrected chi connectivity index (χ1v) is 10.2. The van der Waals surface area contributed by atoms with E-state index in [-0.39, 0.29) is 11.8 Å². The SMILES string of the molecule is CCCN1CCCC2(CCCN2C(=O)c2cc(OC)nc3ccccc23)C1=O. The van der Waals surface area contributed by atoms with Gasteiger partial charge in [0.15, 0.2) is 0 Å². The van der Waals surface area contributed by atoms with Gasteiger partial charge in [-0.3, -0.25) is 9.59 Å². The van der Waals surface area contributed by atoms with Crippen LogP contribution < -0.4 is 4.74 Å². The minimum Gasteiger partial charge on any atom is -0.481 e. The number of hydrogen-bond donors (Lipinski definition) is 0. The molecule has 0 bridgehead atoms. The zero-order valence-corrected chi connectivity index (χ0v) is 16.6. The Morgan fingerprint density at radius 3 is 2.71 bits per heavy atom. The first-order valence-electron chi connectivity index (χ1n) is 10.2. The predicted octanol–water partition coefficient (Wildman–Crippen LogP) is 3.25. The molecule has 0 aliphatic carbocycles. The smallest absolute Gasteiger partial charge is 0.255 e. The summed E-state index contributed by atoms with van der Waals surface area (Å²) in [6.07, 6.45) is 4.23. The molecule has 2 fully saturated rings. The van der Waals surface area contributed by atoms with E-state index in [1.807, 2.05) is 34.1 Å². The lowest BCUT2D eigenvalue weighted by Gasteiger charge is -2.44. The maximum atomic E-state index is 13.7. The molecule has 1 spiro atoms. The number of para-hydroxylation sites is 1. The lowest BCUT2D eigenvalue weighted by Crippen LogP contribution is -2.61. The molecule has 1 aromatic carbocycles. The lowest BCUT2D eigenvalue weighted by atomic mass is 9.84. The van der Waals surface area contributed by atoms with Gasteiger partial charge < -0.3 is 14.5 Å². The van der Waals surface area contributed by atoms with Gasteiger partial charge in [0.05, 0.1) is 18.2 Å². The van der Waals surface area contributed by atoms with Crippen molar-refractivity contribution in [2.24, 2.45) is 0 Å². The monoisotopic (exact) mass is 381 g/mol. The Hall–Kier alpha value is -2.63. The molecule has 28 heavy (non-hydrogen) atoms. The molecule has 148 valence electrons. The highest BCUT2D eigenvalue weighted by Gasteiger charge is 2.52. The van der Waals surface area contributed by atoms with E-state index in [1.165, 1.54) is 0 Å². The Morgan fingerprint density at radius 2 is 1.96 bits per heavy atom. The molecule has 2 aromatic rings. The van der Waals surface area contributed by atoms with Crippen molar-refractivity contribution in [1.29, 1.82) is 0 Å². The van der Waals surface area contributed by atoms with Crippen LogP contribution in [0.5, 0.6) is 5.88 Å². The number of rotatable bonds is 4. The topological polar surface area (TPSA) is 62.7 Å². The zero-order valence-electron chi connectivity index (χ0n) is 16.6. The summed E-state index contributed by atoms with van der Waals surface area (Å²) >= 11 is 0. The molecule has 0 saturated carbocycles. The number of nitrogens with zero attached hydrogens (tertiary/aromatic N) is 3. The fraction of sp³-hybridized carbons (Fsp3) is 0.500. The van der Waals surface area contributed by atoms with Gasteiger partial charge in [-0.25, -0.2) is 4.98 Å². The summed E-state index contributed by atoms with van der Waals surface area (Å²) < 4.78 is 5.33. The molecular weight excluding hydrogens is 354 g/mol. The number of hydrogen-bond acceptors (Lipinski definition) is 4. The molecule has 2 saturated heterocycles. The van der Waals surface area contributed by atoms with Crippen molar-refractivity contribution in [3.05, 3.63) is 35.9 Å². The van der Waals surface area contributed by atoms with Crippen molar-refractivity contribution < 1.29 is 14.3 Å². The number of methoxy groups -OCH3 is 1. The van der Waals surface area contributed by atoms with Crippen LogP contribution in [0.2, 0.25) is 0 Å². The van der Waals surface area contributed by atoms with Crippen LogP contribution in [0.4, 0.5) is 0 Å². The third-order valence-corrected chi connectivity index (χ3v) is 6.06. The van der Waals surface area contributed by atoms with E-state index in [0.29, 0.717) is 18.0 Å². The van der Waals surface area contributed by atoms with E-state index in [2.05, 4.69) is 11.9 Å². The van der Waals surface area contributed by atoms with Crippen molar-refractivity contribution in [2.75, 3.05) is 26.7 Å². The second-order valence-corrected chi connectivity index (χ2v) is 7.72. The number of fused-ring (bicyclic) bond motifs is 1. The lowest BCUT2D eigenvalue weighted by molar-refractivity contribution is -0.145. The number of ether oxygens (including phenoxy) is 1. The fourth-order valence-electron chi connectivity index (χ4n) is 4.78. The number of benzene rings is 1. The molecule has 2 aliphatic rings. The minimum atomic E-state index is -0.692. The molecule has 1 aromatic heterocycles. The van der Waals surface area contributed by atoms with E-state index in [4.69, 9.17) is 4.74 Å². The van der Waals surface area contributed by atoms with Gasteiger partial charge in [0.2, 0.25) is 11.8 Å². The van der Waals surface area contributed by atoms with Gasteiger partial charge >= 0.3 is 0 Å². The molecule has 3 heterocycles. The third kappa shape index (κ3) is 2.91. The Labute approximate surface area is 165 Å². The first kappa shape index (κ1) is 18.7. The number of pyridine rings is 1. The molecule has 4 rings (SSSR count). The standard InChI is InChI=1S/C22H27N3O3/c1-3-12-24-13-6-10-22(21(24)27)11-7-14-25(22)20(26)17-15-19(28-2)23-18-9-5-4-8-16(17)18/h4-5,8-9,15H,3,6-7,10-14H2,1-2H3. The Balaban J connectivity index is 1.75. The van der Waals surface area contributed by atoms with Crippen LogP contribution in [0.3, 0.4) is 0 Å². The molecule has 6 nitrogen and oxygen atoms in total. The third-order valence-electron chi connectivity index (χ3n) is 6.06. The summed E-state index contributed by atoms with van der Waals surface area (Å²) in [5, 5.41) is 0.795. The summed E-state index contributed by atoms with van der Waals surface area (Å²) in [7, 11) is 1.55. The molecule has 0 radical (unpaired) electrons. The summed E-state index contributed by atoms with van der Waals surface area (Å²) in [5.41, 5.74) is 0.590. The second kappa shape index (κ2) is 7.41. The van der Waals surface area contributed by atoms with Crippen molar-refractivity contribution in [1.82, 2.24) is 14.8 Å². The van der Waals surface area contributed by atoms with Gasteiger partial charge in [-0.2, -0.15) is 0 Å². The highest BCUT2D eigenvalue weighted by atomic mass is 16.5. The molecule has 1 atom stereocenters. The number of aromatic nitrogens is 1. The van der Waals surface area contributed by atoms with Crippen LogP contribution in [0.25, 0.3) is 10.9 Å². The van der Waals surface area contributed by atoms with Gasteiger partial charge in [-0.1, -0.05) is 25.1 Å². The van der Waals surface area contributed by atoms with Crippen LogP contribution in [-0.4, -0.2) is 58.9 Å². The van der Waals surface area contributed by atoms with Crippen LogP contribution >= 0.6 is 0 Å². The predicted molar refractivity (Wildman–Crippen MR) is 107 cm³/mol. The number of carbonyl (C=O) groups excluding carboxylic acids is 2. The maximum absolute atomic E-state index is 13.7. The van der Waals surface area contributed by atoms with Crippen LogP contribution in [-0.2, 0) is 4.79 Å². The second-order valence-electron chi connectivity index (χ2n) is 7.72. The number of amides is 2. The highest BCUT2D eigenvalue weighted by molar-refractivity contribution is 6.08. The Bertz CT molecular complexity index is 911. The number of piperidine rings is 1. The Morgan fingerprint density at radius 1 is 1.21 bits per heavy atom. The minimum absolute atomic E-state index is 0.0962. The number of likely N-dealkylation sites (tertiary alicyclic amines) is 2. The molecule has 2 aliphatic heterocycles. The molecule has 2 amide bonds. The van der Waals surface area contributed by atoms with Gasteiger partial charge in [-0.15, -0.1) is 0 Å². The van der Waals surface area contributed by atoms with Crippen molar-refractivity contribution in [2.45, 2.75) is 44.6 Å². The first-order chi connectivity index (χ1) is 13.6. The van der Waals surface area contributed by atoms with Crippen molar-refractivity contribution in [3.8, 4) is 5.88 Å². The van der Waals surface area contributed by atoms with Gasteiger partial charge in [0, 0.05) is 31.1 Å². The maximum Gasteiger partial charge on any atom is 0.255 e. The summed E-state index contributed by atoms with van der Waals surface area (Å²) in [6, 6.07) is 9.29. The largest absolute Gasteiger partial charge is 0.481 e. The van der Waals surface area contributed by atoms with Crippen LogP contribution in [0.15, 0.2) is 30.3 Å². The van der Waals surface area contributed by atoms with E-state index < -0.39 is 5.54 Å². The van der Waals surface area contributed by atoms with Crippen LogP contribution in [0.1, 0.15) is 49.4 Å². The van der Waals surface area contributed by atoms with E-state index in [0.717, 1.165) is 56.1 Å². The van der Waals surface area contributed by atoms with E-state index in [9.17, 15) is 9.59 Å². The molecule has 0 N–H and O–H groups in total. The van der Waals surface area contributed by atoms with Gasteiger partial charge in [0.1, 0.15) is 5.54 Å².